The lowest BCUT2D eigenvalue weighted by Crippen LogP contribution is -2.15. The topological polar surface area (TPSA) is 74.2 Å². The van der Waals surface area contributed by atoms with Crippen LogP contribution in [0.3, 0.4) is 0 Å². The van der Waals surface area contributed by atoms with E-state index < -0.39 is 5.97 Å². The summed E-state index contributed by atoms with van der Waals surface area (Å²) in [5.41, 5.74) is 1.53. The lowest BCUT2D eigenvalue weighted by molar-refractivity contribution is -0.138. The average Bonchev–Trinajstić information content (AvgIpc) is 3.04. The van der Waals surface area contributed by atoms with Gasteiger partial charge in [-0.25, -0.2) is 9.79 Å². The number of carbonyl (C=O) groups is 2. The summed E-state index contributed by atoms with van der Waals surface area (Å²) in [6, 6.07) is 12.4. The van der Waals surface area contributed by atoms with Crippen LogP contribution in [0.2, 0.25) is 0 Å². The number of benzene rings is 2. The zero-order valence-corrected chi connectivity index (χ0v) is 17.9. The molecular weight excluding hydrogens is 438 g/mol. The Morgan fingerprint density at radius 1 is 1.21 bits per heavy atom. The van der Waals surface area contributed by atoms with Crippen molar-refractivity contribution in [3.05, 3.63) is 63.8 Å². The molecule has 0 aliphatic carbocycles. The first-order valence-electron chi connectivity index (χ1n) is 9.15. The second kappa shape index (κ2) is 9.05. The second-order valence-electron chi connectivity index (χ2n) is 6.53. The maximum atomic E-state index is 12.3. The molecule has 3 rings (SSSR count). The predicted octanol–water partition coefficient (Wildman–Crippen LogP) is 4.75. The van der Waals surface area contributed by atoms with Gasteiger partial charge in [0.2, 0.25) is 5.90 Å². The first kappa shape index (κ1) is 20.8. The molecule has 0 amide bonds. The van der Waals surface area contributed by atoms with Crippen molar-refractivity contribution < 1.29 is 23.8 Å². The Kier molecular flexibility index (Phi) is 6.49. The fourth-order valence-electron chi connectivity index (χ4n) is 2.51. The molecule has 2 aromatic rings. The smallest absolute Gasteiger partial charge is 0.363 e. The van der Waals surface area contributed by atoms with Gasteiger partial charge in [0.15, 0.2) is 17.2 Å². The van der Waals surface area contributed by atoms with Gasteiger partial charge < -0.3 is 14.2 Å². The van der Waals surface area contributed by atoms with Gasteiger partial charge in [0.1, 0.15) is 0 Å². The number of cyclic esters (lactones) is 1. The lowest BCUT2D eigenvalue weighted by atomic mass is 10.1. The number of esters is 2. The number of aliphatic imine (C=N–C) groups is 1. The maximum absolute atomic E-state index is 12.3. The molecule has 0 fully saturated rings. The largest absolute Gasteiger partial charge is 0.490 e. The van der Waals surface area contributed by atoms with Crippen molar-refractivity contribution in [3.63, 3.8) is 0 Å². The Morgan fingerprint density at radius 3 is 2.66 bits per heavy atom. The molecule has 150 valence electrons. The minimum absolute atomic E-state index is 0.171. The number of carbonyl (C=O) groups excluding carboxylic acids is 2. The summed E-state index contributed by atoms with van der Waals surface area (Å²) in [4.78, 5) is 28.5. The quantitative estimate of drug-likeness (QED) is 0.355. The highest BCUT2D eigenvalue weighted by molar-refractivity contribution is 9.10. The van der Waals surface area contributed by atoms with Crippen LogP contribution in [-0.2, 0) is 14.3 Å². The van der Waals surface area contributed by atoms with Gasteiger partial charge in [0, 0.05) is 4.47 Å². The van der Waals surface area contributed by atoms with Crippen molar-refractivity contribution >= 4 is 39.8 Å². The van der Waals surface area contributed by atoms with Gasteiger partial charge in [-0.1, -0.05) is 32.0 Å². The van der Waals surface area contributed by atoms with Crippen LogP contribution in [0.1, 0.15) is 31.9 Å². The molecule has 7 heteroatoms. The van der Waals surface area contributed by atoms with Crippen LogP contribution in [0.25, 0.3) is 6.08 Å². The highest BCUT2D eigenvalue weighted by atomic mass is 79.9. The monoisotopic (exact) mass is 457 g/mol. The van der Waals surface area contributed by atoms with Gasteiger partial charge in [-0.05, 0) is 58.8 Å². The summed E-state index contributed by atoms with van der Waals surface area (Å²) in [5.74, 6) is -0.162. The van der Waals surface area contributed by atoms with Crippen molar-refractivity contribution in [2.45, 2.75) is 20.8 Å². The minimum atomic E-state index is -0.538. The van der Waals surface area contributed by atoms with E-state index in [1.165, 1.54) is 0 Å². The molecule has 1 aliphatic heterocycles. The molecular formula is C22H20BrNO5. The number of rotatable bonds is 6. The Labute approximate surface area is 177 Å². The second-order valence-corrected chi connectivity index (χ2v) is 7.39. The molecule has 0 saturated heterocycles. The van der Waals surface area contributed by atoms with E-state index in [9.17, 15) is 9.59 Å². The summed E-state index contributed by atoms with van der Waals surface area (Å²) in [6.45, 7) is 5.75. The van der Waals surface area contributed by atoms with Gasteiger partial charge in [-0.3, -0.25) is 4.79 Å². The molecule has 0 spiro atoms. The van der Waals surface area contributed by atoms with E-state index in [1.807, 2.05) is 31.2 Å². The molecule has 0 N–H and O–H groups in total. The molecule has 0 aromatic heterocycles. The molecule has 0 atom stereocenters. The Morgan fingerprint density at radius 2 is 1.97 bits per heavy atom. The van der Waals surface area contributed by atoms with E-state index in [4.69, 9.17) is 14.2 Å². The van der Waals surface area contributed by atoms with Gasteiger partial charge in [-0.2, -0.15) is 0 Å². The van der Waals surface area contributed by atoms with E-state index >= 15 is 0 Å². The van der Waals surface area contributed by atoms with Crippen LogP contribution in [-0.4, -0.2) is 24.4 Å². The molecule has 0 bridgehead atoms. The number of hydrogen-bond acceptors (Lipinski definition) is 6. The van der Waals surface area contributed by atoms with E-state index in [2.05, 4.69) is 20.9 Å². The third-order valence-electron chi connectivity index (χ3n) is 3.98. The molecule has 2 aromatic carbocycles. The van der Waals surface area contributed by atoms with Crippen LogP contribution < -0.4 is 9.47 Å². The minimum Gasteiger partial charge on any atom is -0.490 e. The van der Waals surface area contributed by atoms with Crippen molar-refractivity contribution in [1.82, 2.24) is 0 Å². The Bertz CT molecular complexity index is 1010. The number of ether oxygens (including phenoxy) is 3. The van der Waals surface area contributed by atoms with Crippen LogP contribution >= 0.6 is 15.9 Å². The third kappa shape index (κ3) is 4.92. The van der Waals surface area contributed by atoms with E-state index in [1.54, 1.807) is 38.1 Å². The van der Waals surface area contributed by atoms with E-state index in [0.717, 1.165) is 4.47 Å². The molecule has 1 heterocycles. The number of hydrogen-bond donors (Lipinski definition) is 0. The van der Waals surface area contributed by atoms with Gasteiger partial charge >= 0.3 is 11.9 Å². The van der Waals surface area contributed by atoms with E-state index in [0.29, 0.717) is 29.2 Å². The molecule has 0 saturated carbocycles. The number of halogens is 1. The Hall–Kier alpha value is -2.93. The SMILES string of the molecule is CCOc1cc(/C=C2\N=C(c3ccccc3Br)OC2=O)ccc1OC(=O)C(C)C. The van der Waals surface area contributed by atoms with Crippen molar-refractivity contribution in [2.24, 2.45) is 10.9 Å². The summed E-state index contributed by atoms with van der Waals surface area (Å²) >= 11 is 3.43. The van der Waals surface area contributed by atoms with Gasteiger partial charge in [0.05, 0.1) is 18.1 Å². The zero-order valence-electron chi connectivity index (χ0n) is 16.3. The first-order chi connectivity index (χ1) is 13.9. The molecule has 1 aliphatic rings. The highest BCUT2D eigenvalue weighted by Gasteiger charge is 2.25. The van der Waals surface area contributed by atoms with Crippen molar-refractivity contribution in [2.75, 3.05) is 6.61 Å². The fraction of sp³-hybridized carbons (Fsp3) is 0.227. The lowest BCUT2D eigenvalue weighted by Gasteiger charge is -2.12. The summed E-state index contributed by atoms with van der Waals surface area (Å²) < 4.78 is 17.1. The summed E-state index contributed by atoms with van der Waals surface area (Å²) in [5, 5.41) is 0. The Balaban J connectivity index is 1.91. The van der Waals surface area contributed by atoms with Crippen molar-refractivity contribution in [1.29, 1.82) is 0 Å². The molecule has 0 radical (unpaired) electrons. The van der Waals surface area contributed by atoms with Crippen LogP contribution in [0.15, 0.2) is 57.6 Å². The highest BCUT2D eigenvalue weighted by Crippen LogP contribution is 2.31. The maximum Gasteiger partial charge on any atom is 0.363 e. The van der Waals surface area contributed by atoms with E-state index in [-0.39, 0.29) is 23.5 Å². The molecule has 0 unspecified atom stereocenters. The van der Waals surface area contributed by atoms with Gasteiger partial charge in [0.25, 0.3) is 0 Å². The van der Waals surface area contributed by atoms with Crippen LogP contribution in [0, 0.1) is 5.92 Å². The average molecular weight is 458 g/mol. The molecule has 6 nitrogen and oxygen atoms in total. The standard InChI is InChI=1S/C22H20BrNO5/c1-4-27-19-12-14(9-10-18(19)28-21(25)13(2)3)11-17-22(26)29-20(24-17)15-7-5-6-8-16(15)23/h5-13H,4H2,1-3H3/b17-11-. The summed E-state index contributed by atoms with van der Waals surface area (Å²) in [6.07, 6.45) is 1.60. The normalized spacial score (nSPS) is 14.7. The first-order valence-corrected chi connectivity index (χ1v) is 9.94. The molecule has 29 heavy (non-hydrogen) atoms. The predicted molar refractivity (Wildman–Crippen MR) is 113 cm³/mol. The number of nitrogens with zero attached hydrogens (tertiary/aromatic N) is 1. The van der Waals surface area contributed by atoms with Crippen molar-refractivity contribution in [3.8, 4) is 11.5 Å². The summed E-state index contributed by atoms with van der Waals surface area (Å²) in [7, 11) is 0. The van der Waals surface area contributed by atoms with Crippen LogP contribution in [0.4, 0.5) is 0 Å². The third-order valence-corrected chi connectivity index (χ3v) is 4.67. The van der Waals surface area contributed by atoms with Crippen LogP contribution in [0.5, 0.6) is 11.5 Å². The zero-order chi connectivity index (χ0) is 21.0. The van der Waals surface area contributed by atoms with Gasteiger partial charge in [-0.15, -0.1) is 0 Å². The fourth-order valence-corrected chi connectivity index (χ4v) is 2.96.